The van der Waals surface area contributed by atoms with Crippen LogP contribution in [0.4, 0.5) is 10.1 Å². The summed E-state index contributed by atoms with van der Waals surface area (Å²) in [7, 11) is -3.81. The third-order valence-corrected chi connectivity index (χ3v) is 6.36. The van der Waals surface area contributed by atoms with E-state index >= 15 is 0 Å². The average molecular weight is 379 g/mol. The second-order valence-corrected chi connectivity index (χ2v) is 7.37. The predicted molar refractivity (Wildman–Crippen MR) is 77.7 cm³/mol. The largest absolute Gasteiger partial charge is 0.366 e. The van der Waals surface area contributed by atoms with Crippen LogP contribution in [-0.4, -0.2) is 14.3 Å². The summed E-state index contributed by atoms with van der Waals surface area (Å²) in [5.41, 5.74) is 4.68. The van der Waals surface area contributed by atoms with E-state index in [1.807, 2.05) is 0 Å². The molecular weight excluding hydrogens is 371 g/mol. The topological polar surface area (TPSA) is 89.3 Å². The van der Waals surface area contributed by atoms with Crippen molar-refractivity contribution in [2.75, 3.05) is 4.72 Å². The van der Waals surface area contributed by atoms with Gasteiger partial charge in [0.15, 0.2) is 4.21 Å². The molecule has 0 fully saturated rings. The molecule has 1 aromatic carbocycles. The van der Waals surface area contributed by atoms with Crippen LogP contribution in [-0.2, 0) is 10.0 Å². The fraction of sp³-hybridized carbons (Fsp3) is 0. The van der Waals surface area contributed by atoms with Crippen LogP contribution in [0.5, 0.6) is 0 Å². The highest BCUT2D eigenvalue weighted by molar-refractivity contribution is 9.10. The van der Waals surface area contributed by atoms with E-state index in [9.17, 15) is 17.6 Å². The SMILES string of the molecule is NC(=O)c1cc(NS(=O)(=O)c2sccc2Br)ccc1F. The van der Waals surface area contributed by atoms with Crippen LogP contribution in [0.1, 0.15) is 10.4 Å². The Balaban J connectivity index is 2.38. The third kappa shape index (κ3) is 3.00. The first kappa shape index (κ1) is 14.9. The van der Waals surface area contributed by atoms with E-state index in [2.05, 4.69) is 20.7 Å². The first-order chi connectivity index (χ1) is 9.31. The number of nitrogens with two attached hydrogens (primary N) is 1. The number of hydrogen-bond acceptors (Lipinski definition) is 4. The fourth-order valence-electron chi connectivity index (χ4n) is 1.45. The number of primary amides is 1. The second-order valence-electron chi connectivity index (χ2n) is 3.72. The van der Waals surface area contributed by atoms with Crippen molar-refractivity contribution in [1.82, 2.24) is 0 Å². The molecule has 0 radical (unpaired) electrons. The lowest BCUT2D eigenvalue weighted by Gasteiger charge is -2.08. The molecule has 0 saturated carbocycles. The number of hydrogen-bond donors (Lipinski definition) is 2. The van der Waals surface area contributed by atoms with Gasteiger partial charge in [-0.25, -0.2) is 12.8 Å². The highest BCUT2D eigenvalue weighted by Crippen LogP contribution is 2.29. The zero-order chi connectivity index (χ0) is 14.9. The minimum atomic E-state index is -3.81. The highest BCUT2D eigenvalue weighted by atomic mass is 79.9. The van der Waals surface area contributed by atoms with Gasteiger partial charge in [0.05, 0.1) is 5.56 Å². The molecule has 0 spiro atoms. The maximum Gasteiger partial charge on any atom is 0.272 e. The smallest absolute Gasteiger partial charge is 0.272 e. The summed E-state index contributed by atoms with van der Waals surface area (Å²) in [4.78, 5) is 11.0. The Labute approximate surface area is 126 Å². The molecule has 2 aromatic rings. The Morgan fingerprint density at radius 2 is 2.05 bits per heavy atom. The summed E-state index contributed by atoms with van der Waals surface area (Å²) in [6.07, 6.45) is 0. The summed E-state index contributed by atoms with van der Waals surface area (Å²) in [5.74, 6) is -1.78. The molecule has 1 heterocycles. The summed E-state index contributed by atoms with van der Waals surface area (Å²) >= 11 is 4.15. The second kappa shape index (κ2) is 5.51. The quantitative estimate of drug-likeness (QED) is 0.856. The average Bonchev–Trinajstić information content (AvgIpc) is 2.78. The summed E-state index contributed by atoms with van der Waals surface area (Å²) < 4.78 is 40.3. The summed E-state index contributed by atoms with van der Waals surface area (Å²) in [6.45, 7) is 0. The van der Waals surface area contributed by atoms with Gasteiger partial charge < -0.3 is 5.73 Å². The zero-order valence-corrected chi connectivity index (χ0v) is 13.0. The number of anilines is 1. The Morgan fingerprint density at radius 3 is 2.60 bits per heavy atom. The fourth-order valence-corrected chi connectivity index (χ4v) is 4.84. The van der Waals surface area contributed by atoms with Gasteiger partial charge in [-0.15, -0.1) is 11.3 Å². The van der Waals surface area contributed by atoms with Gasteiger partial charge in [-0.2, -0.15) is 0 Å². The number of carbonyl (C=O) groups is 1. The molecule has 0 aliphatic heterocycles. The van der Waals surface area contributed by atoms with Gasteiger partial charge >= 0.3 is 0 Å². The minimum absolute atomic E-state index is 0.0560. The van der Waals surface area contributed by atoms with Gasteiger partial charge in [-0.3, -0.25) is 9.52 Å². The van der Waals surface area contributed by atoms with E-state index in [0.29, 0.717) is 4.47 Å². The van der Waals surface area contributed by atoms with Crippen molar-refractivity contribution >= 4 is 48.9 Å². The lowest BCUT2D eigenvalue weighted by atomic mass is 10.2. The first-order valence-corrected chi connectivity index (χ1v) is 8.32. The van der Waals surface area contributed by atoms with Crippen LogP contribution in [0.2, 0.25) is 0 Å². The van der Waals surface area contributed by atoms with Gasteiger partial charge in [0.25, 0.3) is 15.9 Å². The zero-order valence-electron chi connectivity index (χ0n) is 9.76. The molecule has 2 rings (SSSR count). The van der Waals surface area contributed by atoms with Crippen LogP contribution in [0.25, 0.3) is 0 Å². The number of carbonyl (C=O) groups excluding carboxylic acids is 1. The van der Waals surface area contributed by atoms with Crippen LogP contribution in [0.15, 0.2) is 38.3 Å². The van der Waals surface area contributed by atoms with E-state index in [-0.39, 0.29) is 15.5 Å². The maximum absolute atomic E-state index is 13.3. The number of thiophene rings is 1. The van der Waals surface area contributed by atoms with Crippen molar-refractivity contribution < 1.29 is 17.6 Å². The predicted octanol–water partition coefficient (Wildman–Crippen LogP) is 2.55. The molecule has 0 aliphatic rings. The molecule has 5 nitrogen and oxygen atoms in total. The molecule has 3 N–H and O–H groups in total. The normalized spacial score (nSPS) is 11.3. The number of sulfonamides is 1. The van der Waals surface area contributed by atoms with E-state index in [0.717, 1.165) is 23.5 Å². The lowest BCUT2D eigenvalue weighted by molar-refractivity contribution is 0.0996. The third-order valence-electron chi connectivity index (χ3n) is 2.31. The van der Waals surface area contributed by atoms with Gasteiger partial charge in [0.1, 0.15) is 5.82 Å². The van der Waals surface area contributed by atoms with Gasteiger partial charge in [0, 0.05) is 10.2 Å². The first-order valence-electron chi connectivity index (χ1n) is 5.16. The minimum Gasteiger partial charge on any atom is -0.366 e. The van der Waals surface area contributed by atoms with Gasteiger partial charge in [-0.1, -0.05) is 0 Å². The van der Waals surface area contributed by atoms with E-state index in [4.69, 9.17) is 5.73 Å². The number of nitrogens with one attached hydrogen (secondary N) is 1. The molecule has 1 amide bonds. The molecule has 1 aromatic heterocycles. The maximum atomic E-state index is 13.3. The molecular formula is C11H8BrFN2O3S2. The van der Waals surface area contributed by atoms with Crippen LogP contribution < -0.4 is 10.5 Å². The number of halogens is 2. The lowest BCUT2D eigenvalue weighted by Crippen LogP contribution is -2.16. The molecule has 0 atom stereocenters. The Hall–Kier alpha value is -1.45. The number of amides is 1. The van der Waals surface area contributed by atoms with Crippen LogP contribution in [0, 0.1) is 5.82 Å². The highest BCUT2D eigenvalue weighted by Gasteiger charge is 2.20. The Bertz CT molecular complexity index is 774. The van der Waals surface area contributed by atoms with Crippen LogP contribution in [0.3, 0.4) is 0 Å². The van der Waals surface area contributed by atoms with Gasteiger partial charge in [-0.05, 0) is 45.6 Å². The van der Waals surface area contributed by atoms with E-state index in [1.54, 1.807) is 11.4 Å². The van der Waals surface area contributed by atoms with Crippen molar-refractivity contribution in [1.29, 1.82) is 0 Å². The molecule has 9 heteroatoms. The molecule has 0 bridgehead atoms. The molecule has 0 saturated heterocycles. The van der Waals surface area contributed by atoms with E-state index < -0.39 is 21.7 Å². The van der Waals surface area contributed by atoms with Crippen LogP contribution >= 0.6 is 27.3 Å². The van der Waals surface area contributed by atoms with Crippen molar-refractivity contribution in [3.8, 4) is 0 Å². The number of rotatable bonds is 4. The molecule has 0 unspecified atom stereocenters. The summed E-state index contributed by atoms with van der Waals surface area (Å²) in [5, 5.41) is 1.61. The Morgan fingerprint density at radius 1 is 1.35 bits per heavy atom. The number of benzene rings is 1. The van der Waals surface area contributed by atoms with Crippen molar-refractivity contribution in [2.45, 2.75) is 4.21 Å². The van der Waals surface area contributed by atoms with Crippen molar-refractivity contribution in [3.63, 3.8) is 0 Å². The van der Waals surface area contributed by atoms with Gasteiger partial charge in [0.2, 0.25) is 0 Å². The summed E-state index contributed by atoms with van der Waals surface area (Å²) in [6, 6.07) is 4.83. The molecule has 106 valence electrons. The van der Waals surface area contributed by atoms with E-state index in [1.165, 1.54) is 6.07 Å². The standard InChI is InChI=1S/C11H8BrFN2O3S2/c12-8-3-4-19-11(8)20(17,18)15-6-1-2-9(13)7(5-6)10(14)16/h1-5,15H,(H2,14,16). The van der Waals surface area contributed by atoms with Crippen molar-refractivity contribution in [3.05, 3.63) is 45.5 Å². The van der Waals surface area contributed by atoms with Crippen molar-refractivity contribution in [2.24, 2.45) is 5.73 Å². The molecule has 0 aliphatic carbocycles. The Kier molecular flexibility index (Phi) is 4.11. The molecule has 20 heavy (non-hydrogen) atoms. The monoisotopic (exact) mass is 378 g/mol.